The van der Waals surface area contributed by atoms with Crippen molar-refractivity contribution in [1.29, 1.82) is 0 Å². The number of carbonyl (C=O) groups is 1. The Balaban J connectivity index is 1.86. The summed E-state index contributed by atoms with van der Waals surface area (Å²) >= 11 is 1.18. The molecule has 1 fully saturated rings. The number of sulfone groups is 1. The van der Waals surface area contributed by atoms with E-state index in [-0.39, 0.29) is 21.4 Å². The number of thiazole rings is 1. The molecule has 0 atom stereocenters. The first kappa shape index (κ1) is 20.3. The summed E-state index contributed by atoms with van der Waals surface area (Å²) in [4.78, 5) is 21.4. The van der Waals surface area contributed by atoms with Crippen LogP contribution in [0.2, 0.25) is 0 Å². The predicted octanol–water partition coefficient (Wildman–Crippen LogP) is 2.75. The first-order valence-electron chi connectivity index (χ1n) is 8.36. The van der Waals surface area contributed by atoms with Crippen molar-refractivity contribution in [2.24, 2.45) is 5.16 Å². The first-order chi connectivity index (χ1) is 13.5. The summed E-state index contributed by atoms with van der Waals surface area (Å²) in [6.07, 6.45) is 1.33. The van der Waals surface area contributed by atoms with Gasteiger partial charge in [-0.3, -0.25) is 10.1 Å². The minimum absolute atomic E-state index is 0.143. The second-order valence-electron chi connectivity index (χ2n) is 6.04. The molecule has 1 aromatic carbocycles. The van der Waals surface area contributed by atoms with E-state index in [0.29, 0.717) is 18.0 Å². The maximum absolute atomic E-state index is 12.7. The Bertz CT molecular complexity index is 939. The van der Waals surface area contributed by atoms with Crippen molar-refractivity contribution in [3.05, 3.63) is 41.4 Å². The predicted molar refractivity (Wildman–Crippen MR) is 101 cm³/mol. The highest BCUT2D eigenvalue weighted by Gasteiger charge is 2.36. The third kappa shape index (κ3) is 4.71. The lowest BCUT2D eigenvalue weighted by molar-refractivity contribution is -0.110. The van der Waals surface area contributed by atoms with E-state index in [2.05, 4.69) is 15.5 Å². The quantitative estimate of drug-likeness (QED) is 0.488. The molecule has 0 radical (unpaired) electrons. The van der Waals surface area contributed by atoms with Crippen LogP contribution in [0.3, 0.4) is 0 Å². The highest BCUT2D eigenvalue weighted by molar-refractivity contribution is 7.92. The van der Waals surface area contributed by atoms with Crippen LogP contribution >= 0.6 is 11.3 Å². The van der Waals surface area contributed by atoms with Gasteiger partial charge in [-0.25, -0.2) is 22.2 Å². The molecule has 0 spiro atoms. The Kier molecular flexibility index (Phi) is 6.35. The van der Waals surface area contributed by atoms with Crippen LogP contribution in [0.25, 0.3) is 0 Å². The van der Waals surface area contributed by atoms with Crippen LogP contribution in [-0.4, -0.2) is 49.7 Å². The fourth-order valence-corrected chi connectivity index (χ4v) is 4.45. The van der Waals surface area contributed by atoms with Gasteiger partial charge in [0.15, 0.2) is 26.8 Å². The van der Waals surface area contributed by atoms with Gasteiger partial charge >= 0.3 is 0 Å². The minimum atomic E-state index is -3.38. The van der Waals surface area contributed by atoms with Crippen LogP contribution in [0.15, 0.2) is 45.9 Å². The lowest BCUT2D eigenvalue weighted by atomic mass is 10.1. The van der Waals surface area contributed by atoms with E-state index in [4.69, 9.17) is 4.84 Å². The molecule has 1 amide bonds. The van der Waals surface area contributed by atoms with E-state index in [1.165, 1.54) is 41.8 Å². The number of anilines is 1. The second kappa shape index (κ2) is 8.74. The zero-order chi connectivity index (χ0) is 20.1. The normalized spacial score (nSPS) is 14.9. The van der Waals surface area contributed by atoms with E-state index >= 15 is 0 Å². The molecule has 0 unspecified atom stereocenters. The fourth-order valence-electron chi connectivity index (χ4n) is 2.26. The molecule has 150 valence electrons. The van der Waals surface area contributed by atoms with Crippen molar-refractivity contribution in [1.82, 2.24) is 4.98 Å². The van der Waals surface area contributed by atoms with Crippen LogP contribution in [0.4, 0.5) is 13.9 Å². The van der Waals surface area contributed by atoms with Crippen molar-refractivity contribution < 1.29 is 26.8 Å². The molecular weight excluding hydrogens is 412 g/mol. The van der Waals surface area contributed by atoms with Crippen LogP contribution in [0.5, 0.6) is 0 Å². The molecule has 1 N–H and O–H groups in total. The van der Waals surface area contributed by atoms with Crippen molar-refractivity contribution in [2.75, 3.05) is 18.7 Å². The van der Waals surface area contributed by atoms with Gasteiger partial charge in [0.05, 0.1) is 10.1 Å². The summed E-state index contributed by atoms with van der Waals surface area (Å²) in [5.41, 5.74) is -0.0160. The summed E-state index contributed by atoms with van der Waals surface area (Å²) in [7, 11) is -3.38. The number of oxime groups is 1. The standard InChI is InChI=1S/C17H17F2N3O4S2/c18-9-12(10-19)26-22-15(16(23)21-17-20-7-8-27-17)11-1-3-13(4-2-11)28(24,25)14-5-6-14/h1-4,7-8,12,14H,5-6,9-10H2,(H,20,21,23)/b22-15+. The Morgan fingerprint density at radius 1 is 1.29 bits per heavy atom. The maximum Gasteiger partial charge on any atom is 0.280 e. The third-order valence-electron chi connectivity index (χ3n) is 3.92. The Labute approximate surface area is 164 Å². The molecule has 11 heteroatoms. The van der Waals surface area contributed by atoms with Crippen LogP contribution < -0.4 is 5.32 Å². The van der Waals surface area contributed by atoms with Crippen LogP contribution in [0.1, 0.15) is 18.4 Å². The molecule has 1 heterocycles. The van der Waals surface area contributed by atoms with Crippen molar-refractivity contribution in [3.63, 3.8) is 0 Å². The number of halogens is 2. The molecule has 1 aliphatic carbocycles. The summed E-state index contributed by atoms with van der Waals surface area (Å²) in [6, 6.07) is 5.55. The number of aromatic nitrogens is 1. The van der Waals surface area contributed by atoms with Crippen molar-refractivity contribution in [2.45, 2.75) is 29.1 Å². The largest absolute Gasteiger partial charge is 0.386 e. The van der Waals surface area contributed by atoms with Gasteiger partial charge < -0.3 is 4.84 Å². The summed E-state index contributed by atoms with van der Waals surface area (Å²) in [5.74, 6) is -0.704. The van der Waals surface area contributed by atoms with Crippen LogP contribution in [-0.2, 0) is 19.5 Å². The van der Waals surface area contributed by atoms with Gasteiger partial charge in [0.25, 0.3) is 5.91 Å². The summed E-state index contributed by atoms with van der Waals surface area (Å²) < 4.78 is 49.9. The number of hydrogen-bond donors (Lipinski definition) is 1. The van der Waals surface area contributed by atoms with E-state index in [1.807, 2.05) is 0 Å². The number of rotatable bonds is 9. The lowest BCUT2D eigenvalue weighted by Crippen LogP contribution is -2.26. The topological polar surface area (TPSA) is 97.7 Å². The molecule has 3 rings (SSSR count). The highest BCUT2D eigenvalue weighted by Crippen LogP contribution is 2.33. The van der Waals surface area contributed by atoms with Gasteiger partial charge in [-0.05, 0) is 25.0 Å². The van der Waals surface area contributed by atoms with Gasteiger partial charge in [0.1, 0.15) is 13.3 Å². The molecule has 0 bridgehead atoms. The Morgan fingerprint density at radius 2 is 1.96 bits per heavy atom. The number of benzene rings is 1. The van der Waals surface area contributed by atoms with Crippen molar-refractivity contribution in [3.8, 4) is 0 Å². The lowest BCUT2D eigenvalue weighted by Gasteiger charge is -2.11. The van der Waals surface area contributed by atoms with Gasteiger partial charge in [-0.2, -0.15) is 0 Å². The molecule has 1 aromatic heterocycles. The van der Waals surface area contributed by atoms with E-state index in [9.17, 15) is 22.0 Å². The number of nitrogens with zero attached hydrogens (tertiary/aromatic N) is 2. The number of carbonyl (C=O) groups excluding carboxylic acids is 1. The monoisotopic (exact) mass is 429 g/mol. The van der Waals surface area contributed by atoms with E-state index in [0.717, 1.165) is 0 Å². The second-order valence-corrected chi connectivity index (χ2v) is 9.16. The number of nitrogens with one attached hydrogen (secondary N) is 1. The zero-order valence-corrected chi connectivity index (χ0v) is 16.2. The van der Waals surface area contributed by atoms with Gasteiger partial charge in [-0.15, -0.1) is 11.3 Å². The molecule has 0 aliphatic heterocycles. The van der Waals surface area contributed by atoms with E-state index in [1.54, 1.807) is 5.38 Å². The fraction of sp³-hybridized carbons (Fsp3) is 0.353. The highest BCUT2D eigenvalue weighted by atomic mass is 32.2. The zero-order valence-electron chi connectivity index (χ0n) is 14.5. The molecule has 0 saturated heterocycles. The smallest absolute Gasteiger partial charge is 0.280 e. The molecule has 1 saturated carbocycles. The van der Waals surface area contributed by atoms with Gasteiger partial charge in [-0.1, -0.05) is 17.3 Å². The van der Waals surface area contributed by atoms with Gasteiger partial charge in [0.2, 0.25) is 0 Å². The number of alkyl halides is 2. The Hall–Kier alpha value is -2.40. The molecule has 28 heavy (non-hydrogen) atoms. The third-order valence-corrected chi connectivity index (χ3v) is 6.89. The molecule has 7 nitrogen and oxygen atoms in total. The first-order valence-corrected chi connectivity index (χ1v) is 10.8. The average molecular weight is 429 g/mol. The average Bonchev–Trinajstić information content (AvgIpc) is 3.45. The Morgan fingerprint density at radius 3 is 2.50 bits per heavy atom. The van der Waals surface area contributed by atoms with Gasteiger partial charge in [0, 0.05) is 17.1 Å². The minimum Gasteiger partial charge on any atom is -0.386 e. The SMILES string of the molecule is O=C(Nc1nccs1)/C(=N/OC(CF)CF)c1ccc(S(=O)(=O)C2CC2)cc1. The number of amides is 1. The van der Waals surface area contributed by atoms with Crippen molar-refractivity contribution >= 4 is 37.9 Å². The molecule has 1 aliphatic rings. The summed E-state index contributed by atoms with van der Waals surface area (Å²) in [5, 5.41) is 7.71. The van der Waals surface area contributed by atoms with E-state index < -0.39 is 35.2 Å². The maximum atomic E-state index is 12.7. The van der Waals surface area contributed by atoms with Crippen LogP contribution in [0, 0.1) is 0 Å². The molecule has 2 aromatic rings. The summed E-state index contributed by atoms with van der Waals surface area (Å²) in [6.45, 7) is -2.22. The number of hydrogen-bond acceptors (Lipinski definition) is 7. The molecular formula is C17H17F2N3O4S2.